The summed E-state index contributed by atoms with van der Waals surface area (Å²) < 4.78 is 0. The van der Waals surface area contributed by atoms with Crippen LogP contribution in [-0.4, -0.2) is 5.75 Å². The lowest BCUT2D eigenvalue weighted by atomic mass is 10.3. The average Bonchev–Trinajstić information content (AvgIpc) is 2.24. The molecule has 6 heteroatoms. The fourth-order valence-corrected chi connectivity index (χ4v) is 3.09. The monoisotopic (exact) mass is 318 g/mol. The predicted octanol–water partition coefficient (Wildman–Crippen LogP) is 5.68. The van der Waals surface area contributed by atoms with Gasteiger partial charge < -0.3 is 0 Å². The van der Waals surface area contributed by atoms with E-state index in [1.165, 1.54) is 11.8 Å². The molecule has 0 aliphatic rings. The lowest BCUT2D eigenvalue weighted by molar-refractivity contribution is 1.46. The van der Waals surface area contributed by atoms with Crippen LogP contribution in [0.15, 0.2) is 4.90 Å². The highest BCUT2D eigenvalue weighted by molar-refractivity contribution is 7.99. The first-order valence-corrected chi connectivity index (χ1v) is 6.46. The van der Waals surface area contributed by atoms with Crippen LogP contribution in [0.3, 0.4) is 0 Å². The first-order chi connectivity index (χ1) is 7.00. The summed E-state index contributed by atoms with van der Waals surface area (Å²) in [5.41, 5.74) is 0. The molecule has 80 valence electrons. The van der Waals surface area contributed by atoms with Gasteiger partial charge in [-0.3, -0.25) is 0 Å². The Hall–Kier alpha value is 0.580. The van der Waals surface area contributed by atoms with Crippen molar-refractivity contribution in [2.45, 2.75) is 4.90 Å². The Labute approximate surface area is 117 Å². The summed E-state index contributed by atoms with van der Waals surface area (Å²) in [5.74, 6) is 2.88. The first kappa shape index (κ1) is 13.6. The van der Waals surface area contributed by atoms with E-state index >= 15 is 0 Å². The molecule has 0 amide bonds. The zero-order chi connectivity index (χ0) is 11.6. The van der Waals surface area contributed by atoms with Crippen molar-refractivity contribution in [2.24, 2.45) is 0 Å². The van der Waals surface area contributed by atoms with Crippen LogP contribution >= 0.6 is 69.8 Å². The molecule has 1 aromatic carbocycles. The molecule has 0 N–H and O–H groups in total. The third-order valence-electron chi connectivity index (χ3n) is 1.47. The van der Waals surface area contributed by atoms with E-state index in [1.807, 2.05) is 0 Å². The quantitative estimate of drug-likeness (QED) is 0.292. The molecule has 0 saturated heterocycles. The molecule has 0 unspecified atom stereocenters. The van der Waals surface area contributed by atoms with Crippen molar-refractivity contribution >= 4 is 69.8 Å². The van der Waals surface area contributed by atoms with E-state index in [9.17, 15) is 0 Å². The molecule has 0 bridgehead atoms. The summed E-state index contributed by atoms with van der Waals surface area (Å²) in [6, 6.07) is 0. The molecule has 0 radical (unpaired) electrons. The van der Waals surface area contributed by atoms with Crippen LogP contribution in [0, 0.1) is 12.3 Å². The number of thioether (sulfide) groups is 1. The molecule has 0 saturated carbocycles. The van der Waals surface area contributed by atoms with E-state index in [0.717, 1.165) is 0 Å². The smallest absolute Gasteiger partial charge is 0.0809 e. The number of rotatable bonds is 2. The van der Waals surface area contributed by atoms with Crippen LogP contribution in [0.5, 0.6) is 0 Å². The predicted molar refractivity (Wildman–Crippen MR) is 71.0 cm³/mol. The largest absolute Gasteiger partial charge is 0.119 e. The van der Waals surface area contributed by atoms with Crippen LogP contribution in [-0.2, 0) is 0 Å². The maximum atomic E-state index is 5.96. The van der Waals surface area contributed by atoms with Gasteiger partial charge >= 0.3 is 0 Å². The Morgan fingerprint density at radius 1 is 0.867 bits per heavy atom. The Bertz CT molecular complexity index is 406. The summed E-state index contributed by atoms with van der Waals surface area (Å²) in [6.45, 7) is 0. The topological polar surface area (TPSA) is 0 Å². The summed E-state index contributed by atoms with van der Waals surface area (Å²) in [4.78, 5) is 0.552. The Balaban J connectivity index is 3.33. The maximum Gasteiger partial charge on any atom is 0.0809 e. The summed E-state index contributed by atoms with van der Waals surface area (Å²) in [5, 5.41) is 1.07. The molecule has 0 atom stereocenters. The Morgan fingerprint density at radius 2 is 1.27 bits per heavy atom. The number of benzene rings is 1. The minimum atomic E-state index is 0.151. The van der Waals surface area contributed by atoms with Gasteiger partial charge in [0.15, 0.2) is 0 Å². The van der Waals surface area contributed by atoms with Gasteiger partial charge in [-0.15, -0.1) is 18.2 Å². The second kappa shape index (κ2) is 5.77. The fourth-order valence-electron chi connectivity index (χ4n) is 0.825. The van der Waals surface area contributed by atoms with E-state index in [0.29, 0.717) is 10.6 Å². The normalized spacial score (nSPS) is 10.1. The van der Waals surface area contributed by atoms with Gasteiger partial charge in [0.25, 0.3) is 0 Å². The van der Waals surface area contributed by atoms with Gasteiger partial charge in [0.2, 0.25) is 0 Å². The van der Waals surface area contributed by atoms with Gasteiger partial charge in [-0.25, -0.2) is 0 Å². The van der Waals surface area contributed by atoms with Gasteiger partial charge in [-0.1, -0.05) is 63.9 Å². The minimum Gasteiger partial charge on any atom is -0.119 e. The summed E-state index contributed by atoms with van der Waals surface area (Å²) >= 11 is 30.8. The number of hydrogen-bond acceptors (Lipinski definition) is 1. The van der Waals surface area contributed by atoms with E-state index < -0.39 is 0 Å². The number of halogens is 5. The molecule has 0 spiro atoms. The Morgan fingerprint density at radius 3 is 1.67 bits per heavy atom. The van der Waals surface area contributed by atoms with Gasteiger partial charge in [0.1, 0.15) is 0 Å². The maximum absolute atomic E-state index is 5.96. The zero-order valence-electron chi connectivity index (χ0n) is 7.08. The summed E-state index contributed by atoms with van der Waals surface area (Å²) in [7, 11) is 0. The van der Waals surface area contributed by atoms with Crippen molar-refractivity contribution in [3.8, 4) is 12.3 Å². The molecular weight excluding hydrogens is 317 g/mol. The van der Waals surface area contributed by atoms with E-state index in [-0.39, 0.29) is 25.1 Å². The molecule has 1 aromatic rings. The molecule has 0 fully saturated rings. The van der Waals surface area contributed by atoms with Crippen molar-refractivity contribution in [3.63, 3.8) is 0 Å². The average molecular weight is 320 g/mol. The standard InChI is InChI=1S/C9H3Cl5S/c1-2-3-15-9-7(13)5(11)4(10)6(12)8(9)14/h1H,3H2. The van der Waals surface area contributed by atoms with Crippen LogP contribution in [0.25, 0.3) is 0 Å². The van der Waals surface area contributed by atoms with Gasteiger partial charge in [-0.05, 0) is 0 Å². The van der Waals surface area contributed by atoms with E-state index in [4.69, 9.17) is 64.4 Å². The van der Waals surface area contributed by atoms with Gasteiger partial charge in [0.05, 0.1) is 30.9 Å². The van der Waals surface area contributed by atoms with E-state index in [2.05, 4.69) is 5.92 Å². The Kier molecular flexibility index (Phi) is 5.25. The molecule has 0 aliphatic carbocycles. The highest BCUT2D eigenvalue weighted by Gasteiger charge is 2.18. The van der Waals surface area contributed by atoms with Crippen molar-refractivity contribution in [1.29, 1.82) is 0 Å². The molecule has 0 aromatic heterocycles. The second-order valence-corrected chi connectivity index (χ2v) is 5.27. The highest BCUT2D eigenvalue weighted by atomic mass is 35.5. The third-order valence-corrected chi connectivity index (χ3v) is 4.98. The molecule has 0 nitrogen and oxygen atoms in total. The SMILES string of the molecule is C#CCSc1c(Cl)c(Cl)c(Cl)c(Cl)c1Cl. The summed E-state index contributed by atoms with van der Waals surface area (Å²) in [6.07, 6.45) is 5.13. The number of hydrogen-bond donors (Lipinski definition) is 0. The van der Waals surface area contributed by atoms with Crippen molar-refractivity contribution < 1.29 is 0 Å². The lowest BCUT2D eigenvalue weighted by Gasteiger charge is -2.10. The molecule has 0 heterocycles. The first-order valence-electron chi connectivity index (χ1n) is 3.58. The number of terminal acetylenes is 1. The van der Waals surface area contributed by atoms with E-state index in [1.54, 1.807) is 0 Å². The van der Waals surface area contributed by atoms with Crippen molar-refractivity contribution in [2.75, 3.05) is 5.75 Å². The highest BCUT2D eigenvalue weighted by Crippen LogP contribution is 2.47. The van der Waals surface area contributed by atoms with Crippen molar-refractivity contribution in [1.82, 2.24) is 0 Å². The van der Waals surface area contributed by atoms with Crippen molar-refractivity contribution in [3.05, 3.63) is 25.1 Å². The van der Waals surface area contributed by atoms with Crippen LogP contribution in [0.2, 0.25) is 25.1 Å². The second-order valence-electron chi connectivity index (χ2n) is 2.39. The van der Waals surface area contributed by atoms with Crippen LogP contribution in [0.4, 0.5) is 0 Å². The zero-order valence-corrected chi connectivity index (χ0v) is 11.7. The third kappa shape index (κ3) is 2.82. The lowest BCUT2D eigenvalue weighted by Crippen LogP contribution is -1.84. The van der Waals surface area contributed by atoms with Crippen LogP contribution < -0.4 is 0 Å². The van der Waals surface area contributed by atoms with Gasteiger partial charge in [0, 0.05) is 4.90 Å². The molecule has 0 aliphatic heterocycles. The minimum absolute atomic E-state index is 0.151. The molecule has 15 heavy (non-hydrogen) atoms. The van der Waals surface area contributed by atoms with Crippen LogP contribution in [0.1, 0.15) is 0 Å². The molecule has 1 rings (SSSR count). The fraction of sp³-hybridized carbons (Fsp3) is 0.111. The van der Waals surface area contributed by atoms with Gasteiger partial charge in [-0.2, -0.15) is 0 Å². The molecular formula is C9H3Cl5S.